The predicted octanol–water partition coefficient (Wildman–Crippen LogP) is 3.16. The molecule has 0 bridgehead atoms. The zero-order valence-electron chi connectivity index (χ0n) is 13.4. The van der Waals surface area contributed by atoms with Crippen molar-refractivity contribution in [2.24, 2.45) is 0 Å². The molecule has 0 aliphatic rings. The summed E-state index contributed by atoms with van der Waals surface area (Å²) in [5.74, 6) is -0.143. The molecule has 1 aromatic heterocycles. The van der Waals surface area contributed by atoms with Crippen LogP contribution in [0.5, 0.6) is 0 Å². The number of aromatic nitrogens is 2. The summed E-state index contributed by atoms with van der Waals surface area (Å²) >= 11 is 5.21. The normalized spacial score (nSPS) is 10.9. The van der Waals surface area contributed by atoms with Crippen LogP contribution in [0.2, 0.25) is 0 Å². The highest BCUT2D eigenvalue weighted by atomic mass is 32.1. The van der Waals surface area contributed by atoms with Crippen LogP contribution in [0, 0.1) is 4.77 Å². The number of benzene rings is 1. The number of allylic oxidation sites excluding steroid dienone is 1. The first-order valence-electron chi connectivity index (χ1n) is 7.70. The average Bonchev–Trinajstić information content (AvgIpc) is 2.55. The second-order valence-corrected chi connectivity index (χ2v) is 5.77. The molecule has 1 heterocycles. The highest BCUT2D eigenvalue weighted by molar-refractivity contribution is 7.71. The highest BCUT2D eigenvalue weighted by Crippen LogP contribution is 2.11. The molecule has 1 amide bonds. The number of aromatic amines is 1. The lowest BCUT2D eigenvalue weighted by atomic mass is 10.1. The van der Waals surface area contributed by atoms with E-state index in [9.17, 15) is 9.59 Å². The van der Waals surface area contributed by atoms with Crippen molar-refractivity contribution < 1.29 is 4.79 Å². The number of rotatable bonds is 6. The summed E-state index contributed by atoms with van der Waals surface area (Å²) < 4.78 is 1.76. The number of nitrogens with one attached hydrogen (secondary N) is 2. The van der Waals surface area contributed by atoms with Crippen LogP contribution in [0.25, 0.3) is 10.9 Å². The molecule has 2 N–H and O–H groups in total. The summed E-state index contributed by atoms with van der Waals surface area (Å²) in [4.78, 5) is 27.7. The molecular weight excluding hydrogens is 310 g/mol. The van der Waals surface area contributed by atoms with E-state index in [1.165, 1.54) is 4.57 Å². The molecule has 2 aromatic rings. The molecule has 0 aliphatic carbocycles. The second-order valence-electron chi connectivity index (χ2n) is 5.38. The van der Waals surface area contributed by atoms with Gasteiger partial charge in [-0.1, -0.05) is 19.9 Å². The van der Waals surface area contributed by atoms with Crippen molar-refractivity contribution in [1.82, 2.24) is 14.9 Å². The van der Waals surface area contributed by atoms with E-state index in [1.54, 1.807) is 24.3 Å². The van der Waals surface area contributed by atoms with Crippen LogP contribution in [-0.2, 0) is 6.54 Å². The molecule has 23 heavy (non-hydrogen) atoms. The molecule has 1 aromatic carbocycles. The minimum absolute atomic E-state index is 0.143. The molecule has 0 unspecified atom stereocenters. The first-order chi connectivity index (χ1) is 11.0. The Labute approximate surface area is 140 Å². The summed E-state index contributed by atoms with van der Waals surface area (Å²) in [5.41, 5.74) is 0.893. The second kappa shape index (κ2) is 7.37. The molecule has 0 aliphatic heterocycles. The molecule has 0 spiro atoms. The summed E-state index contributed by atoms with van der Waals surface area (Å²) in [6, 6.07) is 5.14. The first kappa shape index (κ1) is 17.1. The van der Waals surface area contributed by atoms with Gasteiger partial charge in [0.05, 0.1) is 10.9 Å². The Kier molecular flexibility index (Phi) is 5.50. The fraction of sp³-hybridized carbons (Fsp3) is 0.353. The van der Waals surface area contributed by atoms with Crippen molar-refractivity contribution in [3.8, 4) is 0 Å². The van der Waals surface area contributed by atoms with E-state index >= 15 is 0 Å². The number of hydrogen-bond donors (Lipinski definition) is 2. The third kappa shape index (κ3) is 3.59. The number of carbonyl (C=O) groups excluding carboxylic acids is 1. The SMILES string of the molecule is C=CCn1c(=S)[nH]c2cc(C(=O)NC(CC)CC)ccc2c1=O. The minimum Gasteiger partial charge on any atom is -0.349 e. The number of hydrogen-bond acceptors (Lipinski definition) is 3. The van der Waals surface area contributed by atoms with Crippen LogP contribution in [-0.4, -0.2) is 21.5 Å². The van der Waals surface area contributed by atoms with Gasteiger partial charge in [-0.15, -0.1) is 6.58 Å². The van der Waals surface area contributed by atoms with Crippen LogP contribution < -0.4 is 10.9 Å². The van der Waals surface area contributed by atoms with Gasteiger partial charge in [-0.05, 0) is 43.3 Å². The number of carbonyl (C=O) groups is 1. The molecule has 0 atom stereocenters. The molecule has 2 rings (SSSR count). The largest absolute Gasteiger partial charge is 0.349 e. The number of amides is 1. The molecular formula is C17H21N3O2S. The van der Waals surface area contributed by atoms with E-state index in [0.29, 0.717) is 27.8 Å². The van der Waals surface area contributed by atoms with Crippen LogP contribution in [0.3, 0.4) is 0 Å². The van der Waals surface area contributed by atoms with Gasteiger partial charge in [-0.3, -0.25) is 14.2 Å². The van der Waals surface area contributed by atoms with Crippen molar-refractivity contribution in [3.63, 3.8) is 0 Å². The monoisotopic (exact) mass is 331 g/mol. The molecule has 5 nitrogen and oxygen atoms in total. The van der Waals surface area contributed by atoms with Crippen molar-refractivity contribution >= 4 is 29.0 Å². The van der Waals surface area contributed by atoms with Gasteiger partial charge in [0.15, 0.2) is 4.77 Å². The average molecular weight is 331 g/mol. The maximum absolute atomic E-state index is 12.4. The maximum Gasteiger partial charge on any atom is 0.262 e. The van der Waals surface area contributed by atoms with Crippen LogP contribution in [0.1, 0.15) is 37.0 Å². The van der Waals surface area contributed by atoms with Gasteiger partial charge in [-0.25, -0.2) is 0 Å². The Morgan fingerprint density at radius 1 is 1.43 bits per heavy atom. The molecule has 0 saturated carbocycles. The number of fused-ring (bicyclic) bond motifs is 1. The van der Waals surface area contributed by atoms with Crippen LogP contribution in [0.4, 0.5) is 0 Å². The van der Waals surface area contributed by atoms with Gasteiger partial charge in [0.25, 0.3) is 11.5 Å². The topological polar surface area (TPSA) is 66.9 Å². The Morgan fingerprint density at radius 3 is 2.74 bits per heavy atom. The summed E-state index contributed by atoms with van der Waals surface area (Å²) in [7, 11) is 0. The fourth-order valence-corrected chi connectivity index (χ4v) is 2.72. The molecule has 0 fully saturated rings. The standard InChI is InChI=1S/C17H21N3O2S/c1-4-9-20-16(22)13-8-7-11(10-14(13)19-17(20)23)15(21)18-12(5-2)6-3/h4,7-8,10,12H,1,5-6,9H2,2-3H3,(H,18,21)(H,19,23). The lowest BCUT2D eigenvalue weighted by Gasteiger charge is -2.15. The summed E-state index contributed by atoms with van der Waals surface area (Å²) in [6.45, 7) is 8.05. The van der Waals surface area contributed by atoms with E-state index in [0.717, 1.165) is 12.8 Å². The van der Waals surface area contributed by atoms with E-state index in [2.05, 4.69) is 16.9 Å². The Balaban J connectivity index is 2.46. The highest BCUT2D eigenvalue weighted by Gasteiger charge is 2.12. The van der Waals surface area contributed by atoms with Crippen molar-refractivity contribution in [2.75, 3.05) is 0 Å². The third-order valence-electron chi connectivity index (χ3n) is 3.88. The Bertz CT molecular complexity index is 847. The molecule has 0 radical (unpaired) electrons. The lowest BCUT2D eigenvalue weighted by molar-refractivity contribution is 0.0935. The van der Waals surface area contributed by atoms with E-state index in [4.69, 9.17) is 12.2 Å². The van der Waals surface area contributed by atoms with E-state index in [-0.39, 0.29) is 17.5 Å². The minimum atomic E-state index is -0.185. The van der Waals surface area contributed by atoms with E-state index in [1.807, 2.05) is 13.8 Å². The van der Waals surface area contributed by atoms with Crippen LogP contribution >= 0.6 is 12.2 Å². The van der Waals surface area contributed by atoms with Gasteiger partial charge >= 0.3 is 0 Å². The third-order valence-corrected chi connectivity index (χ3v) is 4.20. The van der Waals surface area contributed by atoms with Crippen molar-refractivity contribution in [3.05, 3.63) is 51.5 Å². The van der Waals surface area contributed by atoms with Crippen molar-refractivity contribution in [1.29, 1.82) is 0 Å². The quantitative estimate of drug-likeness (QED) is 0.631. The van der Waals surface area contributed by atoms with Gasteiger partial charge in [-0.2, -0.15) is 0 Å². The Morgan fingerprint density at radius 2 is 2.13 bits per heavy atom. The summed E-state index contributed by atoms with van der Waals surface area (Å²) in [6.07, 6.45) is 3.38. The maximum atomic E-state index is 12.4. The van der Waals surface area contributed by atoms with Gasteiger partial charge in [0.1, 0.15) is 0 Å². The smallest absolute Gasteiger partial charge is 0.262 e. The van der Waals surface area contributed by atoms with Gasteiger partial charge in [0, 0.05) is 18.2 Å². The van der Waals surface area contributed by atoms with E-state index < -0.39 is 0 Å². The lowest BCUT2D eigenvalue weighted by Crippen LogP contribution is -2.33. The first-order valence-corrected chi connectivity index (χ1v) is 8.11. The Hall–Kier alpha value is -2.21. The van der Waals surface area contributed by atoms with Gasteiger partial charge in [0.2, 0.25) is 0 Å². The molecule has 6 heteroatoms. The van der Waals surface area contributed by atoms with Crippen LogP contribution in [0.15, 0.2) is 35.6 Å². The molecule has 122 valence electrons. The fourth-order valence-electron chi connectivity index (χ4n) is 2.45. The summed E-state index contributed by atoms with van der Waals surface area (Å²) in [5, 5.41) is 3.48. The van der Waals surface area contributed by atoms with Crippen molar-refractivity contribution in [2.45, 2.75) is 39.3 Å². The number of nitrogens with zero attached hydrogens (tertiary/aromatic N) is 1. The number of H-pyrrole nitrogens is 1. The molecule has 0 saturated heterocycles. The predicted molar refractivity (Wildman–Crippen MR) is 95.4 cm³/mol. The zero-order chi connectivity index (χ0) is 17.0. The van der Waals surface area contributed by atoms with Gasteiger partial charge < -0.3 is 10.3 Å². The zero-order valence-corrected chi connectivity index (χ0v) is 14.2.